The summed E-state index contributed by atoms with van der Waals surface area (Å²) in [5, 5.41) is 4.33. The van der Waals surface area contributed by atoms with Crippen molar-refractivity contribution in [2.75, 3.05) is 7.11 Å². The first-order valence-electron chi connectivity index (χ1n) is 7.28. The van der Waals surface area contributed by atoms with Gasteiger partial charge < -0.3 is 10.1 Å². The van der Waals surface area contributed by atoms with E-state index in [0.717, 1.165) is 30.2 Å². The summed E-state index contributed by atoms with van der Waals surface area (Å²) >= 11 is 5.88. The van der Waals surface area contributed by atoms with Crippen LogP contribution in [0.4, 0.5) is 0 Å². The van der Waals surface area contributed by atoms with Gasteiger partial charge in [-0.1, -0.05) is 35.9 Å². The molecule has 1 atom stereocenters. The van der Waals surface area contributed by atoms with Gasteiger partial charge in [-0.05, 0) is 55.2 Å². The highest BCUT2D eigenvalue weighted by Crippen LogP contribution is 2.13. The van der Waals surface area contributed by atoms with Crippen molar-refractivity contribution in [1.29, 1.82) is 0 Å². The number of rotatable bonds is 7. The Morgan fingerprint density at radius 2 is 1.62 bits per heavy atom. The minimum absolute atomic E-state index is 0.475. The van der Waals surface area contributed by atoms with Gasteiger partial charge >= 0.3 is 0 Å². The van der Waals surface area contributed by atoms with Crippen molar-refractivity contribution in [2.24, 2.45) is 0 Å². The zero-order valence-electron chi connectivity index (χ0n) is 12.6. The zero-order valence-corrected chi connectivity index (χ0v) is 13.4. The van der Waals surface area contributed by atoms with E-state index in [1.807, 2.05) is 24.3 Å². The molecule has 0 radical (unpaired) electrons. The van der Waals surface area contributed by atoms with E-state index in [9.17, 15) is 0 Å². The third kappa shape index (κ3) is 5.41. The van der Waals surface area contributed by atoms with Gasteiger partial charge in [-0.2, -0.15) is 0 Å². The molecule has 2 rings (SSSR count). The van der Waals surface area contributed by atoms with Crippen molar-refractivity contribution >= 4 is 11.6 Å². The summed E-state index contributed by atoms with van der Waals surface area (Å²) in [5.74, 6) is 0.910. The summed E-state index contributed by atoms with van der Waals surface area (Å²) < 4.78 is 5.17. The lowest BCUT2D eigenvalue weighted by Gasteiger charge is -2.14. The lowest BCUT2D eigenvalue weighted by atomic mass is 10.1. The Labute approximate surface area is 132 Å². The van der Waals surface area contributed by atoms with Crippen molar-refractivity contribution in [2.45, 2.75) is 32.4 Å². The van der Waals surface area contributed by atoms with E-state index < -0.39 is 0 Å². The van der Waals surface area contributed by atoms with E-state index in [4.69, 9.17) is 16.3 Å². The molecule has 3 heteroatoms. The molecular weight excluding hydrogens is 282 g/mol. The molecule has 0 saturated heterocycles. The second kappa shape index (κ2) is 8.06. The van der Waals surface area contributed by atoms with Crippen molar-refractivity contribution in [1.82, 2.24) is 5.32 Å². The Kier molecular flexibility index (Phi) is 6.09. The van der Waals surface area contributed by atoms with Crippen LogP contribution >= 0.6 is 11.6 Å². The molecule has 21 heavy (non-hydrogen) atoms. The molecule has 1 N–H and O–H groups in total. The smallest absolute Gasteiger partial charge is 0.118 e. The molecule has 2 aromatic rings. The number of benzene rings is 2. The molecule has 2 aromatic carbocycles. The van der Waals surface area contributed by atoms with Gasteiger partial charge in [0.1, 0.15) is 5.75 Å². The number of methoxy groups -OCH3 is 1. The standard InChI is InChI=1S/C18H22ClNO/c1-14(20-13-16-5-9-17(19)10-6-16)3-4-15-7-11-18(21-2)12-8-15/h5-12,14,20H,3-4,13H2,1-2H3. The molecule has 0 saturated carbocycles. The van der Waals surface area contributed by atoms with Gasteiger partial charge in [0.15, 0.2) is 0 Å². The highest BCUT2D eigenvalue weighted by Gasteiger charge is 2.03. The lowest BCUT2D eigenvalue weighted by Crippen LogP contribution is -2.25. The van der Waals surface area contributed by atoms with Gasteiger partial charge in [0.05, 0.1) is 7.11 Å². The van der Waals surface area contributed by atoms with E-state index in [-0.39, 0.29) is 0 Å². The predicted molar refractivity (Wildman–Crippen MR) is 89.1 cm³/mol. The maximum Gasteiger partial charge on any atom is 0.118 e. The molecule has 0 amide bonds. The number of hydrogen-bond acceptors (Lipinski definition) is 2. The number of ether oxygens (including phenoxy) is 1. The van der Waals surface area contributed by atoms with E-state index in [0.29, 0.717) is 6.04 Å². The molecule has 1 unspecified atom stereocenters. The molecule has 0 aliphatic rings. The molecule has 0 aliphatic carbocycles. The number of halogens is 1. The van der Waals surface area contributed by atoms with E-state index in [1.54, 1.807) is 7.11 Å². The quantitative estimate of drug-likeness (QED) is 0.815. The summed E-state index contributed by atoms with van der Waals surface area (Å²) in [5.41, 5.74) is 2.60. The first-order valence-corrected chi connectivity index (χ1v) is 7.66. The fraction of sp³-hybridized carbons (Fsp3) is 0.333. The third-order valence-corrected chi connectivity index (χ3v) is 3.84. The molecule has 2 nitrogen and oxygen atoms in total. The maximum absolute atomic E-state index is 5.88. The number of nitrogens with one attached hydrogen (secondary N) is 1. The van der Waals surface area contributed by atoms with Gasteiger partial charge in [-0.15, -0.1) is 0 Å². The normalized spacial score (nSPS) is 12.1. The van der Waals surface area contributed by atoms with Crippen LogP contribution < -0.4 is 10.1 Å². The van der Waals surface area contributed by atoms with Crippen LogP contribution in [-0.2, 0) is 13.0 Å². The Morgan fingerprint density at radius 1 is 1.00 bits per heavy atom. The molecule has 0 heterocycles. The van der Waals surface area contributed by atoms with Gasteiger partial charge in [0.2, 0.25) is 0 Å². The van der Waals surface area contributed by atoms with Crippen LogP contribution in [0, 0.1) is 0 Å². The molecule has 112 valence electrons. The molecule has 0 aromatic heterocycles. The first kappa shape index (κ1) is 15.9. The van der Waals surface area contributed by atoms with Crippen molar-refractivity contribution in [3.05, 3.63) is 64.7 Å². The largest absolute Gasteiger partial charge is 0.497 e. The molecule has 0 bridgehead atoms. The van der Waals surface area contributed by atoms with Crippen LogP contribution in [0.1, 0.15) is 24.5 Å². The number of aryl methyl sites for hydroxylation is 1. The van der Waals surface area contributed by atoms with Crippen molar-refractivity contribution < 1.29 is 4.74 Å². The van der Waals surface area contributed by atoms with E-state index in [2.05, 4.69) is 36.5 Å². The van der Waals surface area contributed by atoms with Crippen LogP contribution in [-0.4, -0.2) is 13.2 Å². The van der Waals surface area contributed by atoms with Gasteiger partial charge in [-0.3, -0.25) is 0 Å². The molecule has 0 spiro atoms. The molecule has 0 aliphatic heterocycles. The van der Waals surface area contributed by atoms with Crippen LogP contribution in [0.2, 0.25) is 5.02 Å². The second-order valence-corrected chi connectivity index (χ2v) is 5.73. The Balaban J connectivity index is 1.73. The van der Waals surface area contributed by atoms with Gasteiger partial charge in [0, 0.05) is 17.6 Å². The summed E-state index contributed by atoms with van der Waals surface area (Å²) in [6.45, 7) is 3.10. The summed E-state index contributed by atoms with van der Waals surface area (Å²) in [6, 6.07) is 16.7. The highest BCUT2D eigenvalue weighted by atomic mass is 35.5. The van der Waals surface area contributed by atoms with Crippen molar-refractivity contribution in [3.8, 4) is 5.75 Å². The SMILES string of the molecule is COc1ccc(CCC(C)NCc2ccc(Cl)cc2)cc1. The summed E-state index contributed by atoms with van der Waals surface area (Å²) in [4.78, 5) is 0. The average Bonchev–Trinajstić information content (AvgIpc) is 2.53. The fourth-order valence-electron chi connectivity index (χ4n) is 2.17. The third-order valence-electron chi connectivity index (χ3n) is 3.59. The zero-order chi connectivity index (χ0) is 15.1. The molecule has 0 fully saturated rings. The predicted octanol–water partition coefficient (Wildman–Crippen LogP) is 4.46. The summed E-state index contributed by atoms with van der Waals surface area (Å²) in [6.07, 6.45) is 2.18. The Morgan fingerprint density at radius 3 is 2.24 bits per heavy atom. The topological polar surface area (TPSA) is 21.3 Å². The van der Waals surface area contributed by atoms with Crippen LogP contribution in [0.5, 0.6) is 5.75 Å². The van der Waals surface area contributed by atoms with Crippen LogP contribution in [0.25, 0.3) is 0 Å². The average molecular weight is 304 g/mol. The lowest BCUT2D eigenvalue weighted by molar-refractivity contribution is 0.414. The van der Waals surface area contributed by atoms with Crippen LogP contribution in [0.3, 0.4) is 0 Å². The van der Waals surface area contributed by atoms with Crippen LogP contribution in [0.15, 0.2) is 48.5 Å². The first-order chi connectivity index (χ1) is 10.2. The minimum atomic E-state index is 0.475. The minimum Gasteiger partial charge on any atom is -0.497 e. The highest BCUT2D eigenvalue weighted by molar-refractivity contribution is 6.30. The fourth-order valence-corrected chi connectivity index (χ4v) is 2.30. The van der Waals surface area contributed by atoms with Crippen molar-refractivity contribution in [3.63, 3.8) is 0 Å². The maximum atomic E-state index is 5.88. The second-order valence-electron chi connectivity index (χ2n) is 5.30. The monoisotopic (exact) mass is 303 g/mol. The Hall–Kier alpha value is -1.51. The number of hydrogen-bond donors (Lipinski definition) is 1. The van der Waals surface area contributed by atoms with E-state index in [1.165, 1.54) is 11.1 Å². The summed E-state index contributed by atoms with van der Waals surface area (Å²) in [7, 11) is 1.69. The van der Waals surface area contributed by atoms with Gasteiger partial charge in [0.25, 0.3) is 0 Å². The Bertz CT molecular complexity index is 536. The van der Waals surface area contributed by atoms with E-state index >= 15 is 0 Å². The van der Waals surface area contributed by atoms with Gasteiger partial charge in [-0.25, -0.2) is 0 Å². The molecular formula is C18H22ClNO.